The molecule has 3 rings (SSSR count). The van der Waals surface area contributed by atoms with Crippen LogP contribution in [0.1, 0.15) is 11.1 Å². The number of non-ortho nitro benzene ring substituents is 1. The van der Waals surface area contributed by atoms with Gasteiger partial charge in [-0.15, -0.1) is 5.10 Å². The van der Waals surface area contributed by atoms with E-state index >= 15 is 0 Å². The second-order valence-electron chi connectivity index (χ2n) is 5.26. The van der Waals surface area contributed by atoms with Gasteiger partial charge in [0.1, 0.15) is 5.75 Å². The fourth-order valence-electron chi connectivity index (χ4n) is 2.06. The van der Waals surface area contributed by atoms with Crippen molar-refractivity contribution in [3.8, 4) is 5.75 Å². The number of phenolic OH excluding ortho intramolecular Hbond substituents is 1. The summed E-state index contributed by atoms with van der Waals surface area (Å²) in [5.41, 5.74) is 3.84. The van der Waals surface area contributed by atoms with Gasteiger partial charge in [0.25, 0.3) is 5.69 Å². The minimum atomic E-state index is -0.546. The number of aromatic amines is 1. The lowest BCUT2D eigenvalue weighted by Gasteiger charge is -1.99. The van der Waals surface area contributed by atoms with E-state index in [0.29, 0.717) is 16.9 Å². The average molecular weight is 449 g/mol. The second-order valence-corrected chi connectivity index (χ2v) is 7.11. The largest absolute Gasteiger partial charge is 0.507 e. The number of nitro groups is 1. The number of aromatic nitrogens is 3. The lowest BCUT2D eigenvalue weighted by Crippen LogP contribution is -1.94. The quantitative estimate of drug-likeness (QED) is 0.216. The molecule has 138 valence electrons. The third-order valence-electron chi connectivity index (χ3n) is 3.32. The van der Waals surface area contributed by atoms with Crippen LogP contribution < -0.4 is 5.43 Å². The van der Waals surface area contributed by atoms with Crippen molar-refractivity contribution in [3.63, 3.8) is 0 Å². The summed E-state index contributed by atoms with van der Waals surface area (Å²) in [4.78, 5) is 14.5. The Morgan fingerprint density at radius 2 is 2.22 bits per heavy atom. The number of thioether (sulfide) groups is 1. The number of hydrazone groups is 1. The van der Waals surface area contributed by atoms with E-state index in [9.17, 15) is 15.2 Å². The highest BCUT2D eigenvalue weighted by Crippen LogP contribution is 2.23. The number of nitrogens with zero attached hydrogens (tertiary/aromatic N) is 4. The minimum Gasteiger partial charge on any atom is -0.507 e. The molecule has 0 saturated carbocycles. The van der Waals surface area contributed by atoms with Gasteiger partial charge < -0.3 is 5.11 Å². The van der Waals surface area contributed by atoms with Crippen LogP contribution in [-0.4, -0.2) is 31.4 Å². The predicted octanol–water partition coefficient (Wildman–Crippen LogP) is 3.92. The van der Waals surface area contributed by atoms with Crippen molar-refractivity contribution in [2.75, 3.05) is 5.43 Å². The molecular formula is C16H13BrN6O3S. The summed E-state index contributed by atoms with van der Waals surface area (Å²) in [6, 6.07) is 11.6. The molecule has 11 heteroatoms. The molecule has 0 atom stereocenters. The maximum absolute atomic E-state index is 10.8. The molecule has 0 aliphatic heterocycles. The van der Waals surface area contributed by atoms with E-state index in [-0.39, 0.29) is 17.0 Å². The van der Waals surface area contributed by atoms with Crippen LogP contribution in [0.25, 0.3) is 0 Å². The molecular weight excluding hydrogens is 436 g/mol. The number of hydrogen-bond acceptors (Lipinski definition) is 8. The number of rotatable bonds is 7. The molecule has 2 aromatic carbocycles. The van der Waals surface area contributed by atoms with Crippen molar-refractivity contribution in [2.45, 2.75) is 10.9 Å². The van der Waals surface area contributed by atoms with Gasteiger partial charge in [-0.05, 0) is 23.8 Å². The smallest absolute Gasteiger partial charge is 0.270 e. The van der Waals surface area contributed by atoms with Crippen LogP contribution in [-0.2, 0) is 5.75 Å². The molecule has 27 heavy (non-hydrogen) atoms. The summed E-state index contributed by atoms with van der Waals surface area (Å²) in [6.45, 7) is 0. The Labute approximate surface area is 166 Å². The maximum atomic E-state index is 10.8. The van der Waals surface area contributed by atoms with E-state index in [0.717, 1.165) is 10.0 Å². The summed E-state index contributed by atoms with van der Waals surface area (Å²) in [5.74, 6) is 0.906. The van der Waals surface area contributed by atoms with Gasteiger partial charge in [0.2, 0.25) is 11.1 Å². The maximum Gasteiger partial charge on any atom is 0.270 e. The molecule has 0 aliphatic rings. The van der Waals surface area contributed by atoms with Crippen LogP contribution in [0.15, 0.2) is 57.2 Å². The Kier molecular flexibility index (Phi) is 6.04. The van der Waals surface area contributed by atoms with Crippen molar-refractivity contribution >= 4 is 45.5 Å². The normalized spacial score (nSPS) is 11.0. The van der Waals surface area contributed by atoms with Crippen molar-refractivity contribution in [1.29, 1.82) is 0 Å². The van der Waals surface area contributed by atoms with Crippen LogP contribution in [0.2, 0.25) is 0 Å². The summed E-state index contributed by atoms with van der Waals surface area (Å²) < 4.78 is 1.01. The molecule has 0 saturated heterocycles. The first-order valence-corrected chi connectivity index (χ1v) is 9.35. The third kappa shape index (κ3) is 5.28. The Hall–Kier alpha value is -2.92. The van der Waals surface area contributed by atoms with Crippen LogP contribution in [0.5, 0.6) is 5.75 Å². The summed E-state index contributed by atoms with van der Waals surface area (Å²) in [7, 11) is 0. The number of anilines is 1. The van der Waals surface area contributed by atoms with Crippen LogP contribution in [0.3, 0.4) is 0 Å². The monoisotopic (exact) mass is 448 g/mol. The highest BCUT2D eigenvalue weighted by Gasteiger charge is 2.09. The number of benzene rings is 2. The topological polar surface area (TPSA) is 129 Å². The Morgan fingerprint density at radius 3 is 3.00 bits per heavy atom. The van der Waals surface area contributed by atoms with Crippen molar-refractivity contribution in [1.82, 2.24) is 15.2 Å². The average Bonchev–Trinajstić information content (AvgIpc) is 3.09. The fraction of sp³-hybridized carbons (Fsp3) is 0.0625. The van der Waals surface area contributed by atoms with Gasteiger partial charge >= 0.3 is 0 Å². The molecule has 0 fully saturated rings. The predicted molar refractivity (Wildman–Crippen MR) is 106 cm³/mol. The van der Waals surface area contributed by atoms with E-state index in [1.807, 2.05) is 24.3 Å². The standard InChI is InChI=1S/C16H13BrN6O3S/c17-12-3-1-2-10(6-12)9-27-16-19-15(21-22-16)20-18-8-11-7-13(23(25)26)4-5-14(11)24/h1-8,24H,9H2,(H2,19,20,21,22)/b18-8-. The van der Waals surface area contributed by atoms with Crippen LogP contribution in [0.4, 0.5) is 11.6 Å². The van der Waals surface area contributed by atoms with E-state index in [1.165, 1.54) is 36.2 Å². The third-order valence-corrected chi connectivity index (χ3v) is 4.73. The van der Waals surface area contributed by atoms with Crippen LogP contribution in [0, 0.1) is 10.1 Å². The molecule has 3 N–H and O–H groups in total. The SMILES string of the molecule is O=[N+]([O-])c1ccc(O)c(/C=N\Nc2nc(SCc3cccc(Br)c3)n[nH]2)c1. The van der Waals surface area contributed by atoms with E-state index in [1.54, 1.807) is 0 Å². The number of nitrogens with one attached hydrogen (secondary N) is 2. The fourth-order valence-corrected chi connectivity index (χ4v) is 3.25. The summed E-state index contributed by atoms with van der Waals surface area (Å²) in [5, 5.41) is 31.7. The summed E-state index contributed by atoms with van der Waals surface area (Å²) in [6.07, 6.45) is 1.26. The number of H-pyrrole nitrogens is 1. The molecule has 0 spiro atoms. The van der Waals surface area contributed by atoms with E-state index in [2.05, 4.69) is 41.6 Å². The number of halogens is 1. The zero-order chi connectivity index (χ0) is 19.2. The van der Waals surface area contributed by atoms with Gasteiger partial charge in [0.15, 0.2) is 0 Å². The first-order chi connectivity index (χ1) is 13.0. The summed E-state index contributed by atoms with van der Waals surface area (Å²) >= 11 is 4.89. The number of hydrogen-bond donors (Lipinski definition) is 3. The lowest BCUT2D eigenvalue weighted by molar-refractivity contribution is -0.384. The Morgan fingerprint density at radius 1 is 1.37 bits per heavy atom. The number of aromatic hydroxyl groups is 1. The zero-order valence-corrected chi connectivity index (χ0v) is 16.1. The minimum absolute atomic E-state index is 0.117. The molecule has 0 amide bonds. The van der Waals surface area contributed by atoms with Crippen molar-refractivity contribution < 1.29 is 10.0 Å². The Bertz CT molecular complexity index is 994. The van der Waals surface area contributed by atoms with Crippen molar-refractivity contribution in [3.05, 3.63) is 68.2 Å². The lowest BCUT2D eigenvalue weighted by atomic mass is 10.2. The van der Waals surface area contributed by atoms with Gasteiger partial charge in [0.05, 0.1) is 11.1 Å². The molecule has 1 aromatic heterocycles. The molecule has 1 heterocycles. The second kappa shape index (κ2) is 8.64. The highest BCUT2D eigenvalue weighted by atomic mass is 79.9. The number of phenols is 1. The highest BCUT2D eigenvalue weighted by molar-refractivity contribution is 9.10. The van der Waals surface area contributed by atoms with Gasteiger partial charge in [-0.1, -0.05) is 39.8 Å². The molecule has 0 radical (unpaired) electrons. The molecule has 0 unspecified atom stereocenters. The molecule has 9 nitrogen and oxygen atoms in total. The van der Waals surface area contributed by atoms with E-state index < -0.39 is 4.92 Å². The van der Waals surface area contributed by atoms with Gasteiger partial charge in [-0.25, -0.2) is 10.5 Å². The van der Waals surface area contributed by atoms with Crippen molar-refractivity contribution in [2.24, 2.45) is 5.10 Å². The molecule has 0 aliphatic carbocycles. The molecule has 0 bridgehead atoms. The van der Waals surface area contributed by atoms with Gasteiger partial charge in [-0.3, -0.25) is 10.1 Å². The van der Waals surface area contributed by atoms with Crippen LogP contribution >= 0.6 is 27.7 Å². The van der Waals surface area contributed by atoms with Gasteiger partial charge in [-0.2, -0.15) is 10.1 Å². The first kappa shape index (κ1) is 18.9. The zero-order valence-electron chi connectivity index (χ0n) is 13.7. The van der Waals surface area contributed by atoms with Gasteiger partial charge in [0, 0.05) is 27.9 Å². The molecule has 3 aromatic rings. The Balaban J connectivity index is 1.59. The van der Waals surface area contributed by atoms with E-state index in [4.69, 9.17) is 0 Å². The first-order valence-electron chi connectivity index (χ1n) is 7.57. The number of nitro benzene ring substituents is 1.